The number of benzene rings is 1. The number of thioether (sulfide) groups is 1. The summed E-state index contributed by atoms with van der Waals surface area (Å²) in [6.45, 7) is 4.56. The molecule has 1 rings (SSSR count). The Morgan fingerprint density at radius 1 is 1.38 bits per heavy atom. The summed E-state index contributed by atoms with van der Waals surface area (Å²) in [5.74, 6) is 2.71. The summed E-state index contributed by atoms with van der Waals surface area (Å²) in [4.78, 5) is 0. The number of hydrogen-bond acceptors (Lipinski definition) is 2. The van der Waals surface area contributed by atoms with Crippen LogP contribution in [0.25, 0.3) is 0 Å². The smallest absolute Gasteiger partial charge is 0.0499 e. The first-order valence-electron chi connectivity index (χ1n) is 6.03. The molecule has 1 nitrogen and oxygen atoms in total. The summed E-state index contributed by atoms with van der Waals surface area (Å²) in [6.07, 6.45) is 2.28. The van der Waals surface area contributed by atoms with Gasteiger partial charge in [-0.2, -0.15) is 11.8 Å². The molecule has 1 N–H and O–H groups in total. The largest absolute Gasteiger partial charge is 0.396 e. The molecule has 0 heterocycles. The lowest BCUT2D eigenvalue weighted by Gasteiger charge is -2.14. The molecule has 0 aliphatic rings. The number of rotatable bonds is 7. The molecule has 0 spiro atoms. The molecule has 0 fully saturated rings. The molecule has 90 valence electrons. The molecule has 0 amide bonds. The predicted octanol–water partition coefficient (Wildman–Crippen LogP) is 3.60. The number of aliphatic hydroxyl groups excluding tert-OH is 1. The topological polar surface area (TPSA) is 20.2 Å². The van der Waals surface area contributed by atoms with Gasteiger partial charge in [0.2, 0.25) is 0 Å². The SMILES string of the molecule is CCSCCCC(CO)c1cccc(C)c1. The van der Waals surface area contributed by atoms with Gasteiger partial charge in [-0.25, -0.2) is 0 Å². The first-order valence-corrected chi connectivity index (χ1v) is 7.18. The van der Waals surface area contributed by atoms with E-state index in [9.17, 15) is 5.11 Å². The molecule has 1 aromatic carbocycles. The molecule has 0 aliphatic heterocycles. The van der Waals surface area contributed by atoms with Crippen molar-refractivity contribution in [1.29, 1.82) is 0 Å². The molecule has 0 bridgehead atoms. The fourth-order valence-electron chi connectivity index (χ4n) is 1.86. The van der Waals surface area contributed by atoms with Gasteiger partial charge in [0.1, 0.15) is 0 Å². The zero-order chi connectivity index (χ0) is 11.8. The molecule has 0 aromatic heterocycles. The zero-order valence-electron chi connectivity index (χ0n) is 10.3. The van der Waals surface area contributed by atoms with E-state index in [-0.39, 0.29) is 6.61 Å². The van der Waals surface area contributed by atoms with E-state index in [1.54, 1.807) is 0 Å². The minimum absolute atomic E-state index is 0.264. The van der Waals surface area contributed by atoms with Gasteiger partial charge in [-0.05, 0) is 36.8 Å². The third-order valence-electron chi connectivity index (χ3n) is 2.78. The van der Waals surface area contributed by atoms with Crippen LogP contribution < -0.4 is 0 Å². The normalized spacial score (nSPS) is 12.7. The molecule has 0 saturated carbocycles. The Hall–Kier alpha value is -0.470. The molecule has 0 aliphatic carbocycles. The summed E-state index contributed by atoms with van der Waals surface area (Å²) in [5.41, 5.74) is 2.56. The highest BCUT2D eigenvalue weighted by atomic mass is 32.2. The average molecular weight is 238 g/mol. The Bertz CT molecular complexity index is 299. The standard InChI is InChI=1S/C14H22OS/c1-3-16-9-5-8-14(11-15)13-7-4-6-12(2)10-13/h4,6-7,10,14-15H,3,5,8-9,11H2,1-2H3. The van der Waals surface area contributed by atoms with Crippen LogP contribution in [0, 0.1) is 6.92 Å². The van der Waals surface area contributed by atoms with Crippen molar-refractivity contribution in [2.75, 3.05) is 18.1 Å². The fourth-order valence-corrected chi connectivity index (χ4v) is 2.52. The Kier molecular flexibility index (Phi) is 6.58. The van der Waals surface area contributed by atoms with Crippen LogP contribution in [0.1, 0.15) is 36.8 Å². The van der Waals surface area contributed by atoms with Crippen LogP contribution in [0.15, 0.2) is 24.3 Å². The van der Waals surface area contributed by atoms with Gasteiger partial charge in [-0.15, -0.1) is 0 Å². The quantitative estimate of drug-likeness (QED) is 0.732. The first kappa shape index (κ1) is 13.6. The molecular weight excluding hydrogens is 216 g/mol. The average Bonchev–Trinajstić information content (AvgIpc) is 2.29. The van der Waals surface area contributed by atoms with Crippen LogP contribution in [-0.2, 0) is 0 Å². The fraction of sp³-hybridized carbons (Fsp3) is 0.571. The van der Waals surface area contributed by atoms with Crippen LogP contribution in [0.5, 0.6) is 0 Å². The van der Waals surface area contributed by atoms with Crippen molar-refractivity contribution in [3.63, 3.8) is 0 Å². The Morgan fingerprint density at radius 3 is 2.81 bits per heavy atom. The maximum atomic E-state index is 9.42. The molecule has 1 unspecified atom stereocenters. The van der Waals surface area contributed by atoms with Gasteiger partial charge in [0.05, 0.1) is 0 Å². The number of aryl methyl sites for hydroxylation is 1. The van der Waals surface area contributed by atoms with E-state index in [0.29, 0.717) is 5.92 Å². The summed E-state index contributed by atoms with van der Waals surface area (Å²) < 4.78 is 0. The summed E-state index contributed by atoms with van der Waals surface area (Å²) >= 11 is 1.98. The highest BCUT2D eigenvalue weighted by Gasteiger charge is 2.09. The lowest BCUT2D eigenvalue weighted by molar-refractivity contribution is 0.258. The number of aliphatic hydroxyl groups is 1. The van der Waals surface area contributed by atoms with Gasteiger partial charge in [0.25, 0.3) is 0 Å². The van der Waals surface area contributed by atoms with Gasteiger partial charge in [-0.1, -0.05) is 36.8 Å². The van der Waals surface area contributed by atoms with Crippen LogP contribution in [0.4, 0.5) is 0 Å². The van der Waals surface area contributed by atoms with Crippen molar-refractivity contribution >= 4 is 11.8 Å². The summed E-state index contributed by atoms with van der Waals surface area (Å²) in [7, 11) is 0. The Labute approximate surface area is 103 Å². The highest BCUT2D eigenvalue weighted by molar-refractivity contribution is 7.99. The van der Waals surface area contributed by atoms with E-state index in [2.05, 4.69) is 38.1 Å². The second-order valence-corrected chi connectivity index (χ2v) is 5.53. The molecule has 1 aromatic rings. The van der Waals surface area contributed by atoms with E-state index in [0.717, 1.165) is 6.42 Å². The van der Waals surface area contributed by atoms with Gasteiger partial charge >= 0.3 is 0 Å². The lowest BCUT2D eigenvalue weighted by Crippen LogP contribution is -2.05. The van der Waals surface area contributed by atoms with Crippen LogP contribution in [0.3, 0.4) is 0 Å². The van der Waals surface area contributed by atoms with Crippen molar-refractivity contribution in [3.8, 4) is 0 Å². The van der Waals surface area contributed by atoms with Crippen molar-refractivity contribution in [1.82, 2.24) is 0 Å². The van der Waals surface area contributed by atoms with Crippen molar-refractivity contribution in [2.45, 2.75) is 32.6 Å². The third-order valence-corrected chi connectivity index (χ3v) is 3.76. The van der Waals surface area contributed by atoms with Crippen molar-refractivity contribution < 1.29 is 5.11 Å². The van der Waals surface area contributed by atoms with Crippen LogP contribution >= 0.6 is 11.8 Å². The summed E-state index contributed by atoms with van der Waals surface area (Å²) in [5, 5.41) is 9.42. The van der Waals surface area contributed by atoms with Crippen molar-refractivity contribution in [2.24, 2.45) is 0 Å². The molecule has 1 atom stereocenters. The predicted molar refractivity (Wildman–Crippen MR) is 73.2 cm³/mol. The monoisotopic (exact) mass is 238 g/mol. The van der Waals surface area contributed by atoms with Gasteiger partial charge in [0.15, 0.2) is 0 Å². The van der Waals surface area contributed by atoms with Gasteiger partial charge in [-0.3, -0.25) is 0 Å². The Balaban J connectivity index is 2.47. The molecule has 0 saturated heterocycles. The van der Waals surface area contributed by atoms with E-state index in [1.807, 2.05) is 11.8 Å². The van der Waals surface area contributed by atoms with Crippen molar-refractivity contribution in [3.05, 3.63) is 35.4 Å². The van der Waals surface area contributed by atoms with Gasteiger partial charge < -0.3 is 5.11 Å². The second kappa shape index (κ2) is 7.75. The first-order chi connectivity index (χ1) is 7.77. The van der Waals surface area contributed by atoms with E-state index in [4.69, 9.17) is 0 Å². The highest BCUT2D eigenvalue weighted by Crippen LogP contribution is 2.22. The Morgan fingerprint density at radius 2 is 2.19 bits per heavy atom. The second-order valence-electron chi connectivity index (χ2n) is 4.13. The lowest BCUT2D eigenvalue weighted by atomic mass is 9.94. The van der Waals surface area contributed by atoms with E-state index < -0.39 is 0 Å². The zero-order valence-corrected chi connectivity index (χ0v) is 11.1. The number of hydrogen-bond donors (Lipinski definition) is 1. The molecule has 2 heteroatoms. The molecule has 16 heavy (non-hydrogen) atoms. The molecule has 0 radical (unpaired) electrons. The van der Waals surface area contributed by atoms with E-state index in [1.165, 1.54) is 29.1 Å². The maximum absolute atomic E-state index is 9.42. The minimum atomic E-state index is 0.264. The molecular formula is C14H22OS. The van der Waals surface area contributed by atoms with Crippen LogP contribution in [-0.4, -0.2) is 23.2 Å². The third kappa shape index (κ3) is 4.58. The summed E-state index contributed by atoms with van der Waals surface area (Å²) in [6, 6.07) is 8.49. The van der Waals surface area contributed by atoms with Gasteiger partial charge in [0, 0.05) is 12.5 Å². The maximum Gasteiger partial charge on any atom is 0.0499 e. The van der Waals surface area contributed by atoms with E-state index >= 15 is 0 Å². The van der Waals surface area contributed by atoms with Crippen LogP contribution in [0.2, 0.25) is 0 Å². The minimum Gasteiger partial charge on any atom is -0.396 e.